The van der Waals surface area contributed by atoms with Gasteiger partial charge in [-0.2, -0.15) is 0 Å². The number of nitrogens with zero attached hydrogens (tertiary/aromatic N) is 4. The zero-order chi connectivity index (χ0) is 30.3. The third-order valence-corrected chi connectivity index (χ3v) is 7.82. The molecule has 3 aromatic heterocycles. The van der Waals surface area contributed by atoms with E-state index in [2.05, 4.69) is 43.1 Å². The molecule has 9 nitrogen and oxygen atoms in total. The topological polar surface area (TPSA) is 107 Å². The van der Waals surface area contributed by atoms with E-state index < -0.39 is 6.04 Å². The first-order valence-corrected chi connectivity index (χ1v) is 14.6. The molecule has 3 heterocycles. The summed E-state index contributed by atoms with van der Waals surface area (Å²) in [6.07, 6.45) is 7.22. The Kier molecular flexibility index (Phi) is 8.63. The highest BCUT2D eigenvalue weighted by Crippen LogP contribution is 2.29. The number of hydrogen-bond donors (Lipinski definition) is 2. The van der Waals surface area contributed by atoms with Crippen LogP contribution >= 0.6 is 0 Å². The quantitative estimate of drug-likeness (QED) is 0.190. The molecule has 3 aromatic carbocycles. The van der Waals surface area contributed by atoms with Gasteiger partial charge in [-0.15, -0.1) is 10.2 Å². The minimum absolute atomic E-state index is 0.209. The van der Waals surface area contributed by atoms with Crippen molar-refractivity contribution in [3.8, 4) is 11.5 Å². The van der Waals surface area contributed by atoms with Crippen LogP contribution in [0, 0.1) is 0 Å². The number of aromatic nitrogens is 5. The smallest absolute Gasteiger partial charge is 0.251 e. The summed E-state index contributed by atoms with van der Waals surface area (Å²) in [5.41, 5.74) is 4.79. The van der Waals surface area contributed by atoms with Crippen LogP contribution in [0.5, 0.6) is 11.5 Å². The van der Waals surface area contributed by atoms with Crippen LogP contribution < -0.4 is 14.8 Å². The van der Waals surface area contributed by atoms with E-state index in [1.807, 2.05) is 60.8 Å². The molecule has 9 heteroatoms. The van der Waals surface area contributed by atoms with Crippen LogP contribution in [0.25, 0.3) is 10.9 Å². The lowest BCUT2D eigenvalue weighted by atomic mass is 10.0. The van der Waals surface area contributed by atoms with E-state index in [4.69, 9.17) is 14.6 Å². The summed E-state index contributed by atoms with van der Waals surface area (Å²) in [5, 5.41) is 13.8. The molecule has 1 unspecified atom stereocenters. The number of hydrogen-bond acceptors (Lipinski definition) is 6. The fraction of sp³-hybridized carbons (Fsp3) is 0.200. The molecule has 0 spiro atoms. The van der Waals surface area contributed by atoms with Crippen LogP contribution in [-0.4, -0.2) is 44.9 Å². The SMILES string of the molecule is COc1ccc(Cn2c(CCc3ccccc3)nnc2C(Cc2c[nH]c3ccccc23)NC(=O)c2ccncc2)c(OC)c1. The third kappa shape index (κ3) is 6.32. The number of aryl methyl sites for hydroxylation is 2. The second kappa shape index (κ2) is 13.2. The number of para-hydroxylation sites is 1. The predicted octanol–water partition coefficient (Wildman–Crippen LogP) is 5.72. The van der Waals surface area contributed by atoms with Crippen molar-refractivity contribution in [2.24, 2.45) is 0 Å². The first-order valence-electron chi connectivity index (χ1n) is 14.6. The average molecular weight is 587 g/mol. The number of rotatable bonds is 12. The number of carbonyl (C=O) groups is 1. The first-order chi connectivity index (χ1) is 21.6. The fourth-order valence-electron chi connectivity index (χ4n) is 5.49. The van der Waals surface area contributed by atoms with Crippen LogP contribution in [0.15, 0.2) is 104 Å². The van der Waals surface area contributed by atoms with Crippen LogP contribution in [-0.2, 0) is 25.8 Å². The molecule has 222 valence electrons. The van der Waals surface area contributed by atoms with Crippen molar-refractivity contribution in [2.75, 3.05) is 14.2 Å². The molecule has 0 aliphatic rings. The predicted molar refractivity (Wildman–Crippen MR) is 169 cm³/mol. The highest BCUT2D eigenvalue weighted by Gasteiger charge is 2.26. The lowest BCUT2D eigenvalue weighted by Gasteiger charge is -2.21. The molecule has 0 aliphatic heterocycles. The van der Waals surface area contributed by atoms with Crippen molar-refractivity contribution in [2.45, 2.75) is 31.8 Å². The second-order valence-electron chi connectivity index (χ2n) is 10.5. The Morgan fingerprint density at radius 1 is 0.886 bits per heavy atom. The number of H-pyrrole nitrogens is 1. The van der Waals surface area contributed by atoms with Gasteiger partial charge in [0.15, 0.2) is 5.82 Å². The van der Waals surface area contributed by atoms with E-state index in [0.29, 0.717) is 42.3 Å². The summed E-state index contributed by atoms with van der Waals surface area (Å²) in [6.45, 7) is 0.454. The van der Waals surface area contributed by atoms with Crippen LogP contribution in [0.4, 0.5) is 0 Å². The van der Waals surface area contributed by atoms with E-state index in [-0.39, 0.29) is 5.91 Å². The molecule has 0 bridgehead atoms. The van der Waals surface area contributed by atoms with Gasteiger partial charge >= 0.3 is 0 Å². The normalized spacial score (nSPS) is 11.8. The van der Waals surface area contributed by atoms with E-state index in [0.717, 1.165) is 34.3 Å². The average Bonchev–Trinajstić information content (AvgIpc) is 3.68. The van der Waals surface area contributed by atoms with Gasteiger partial charge in [0, 0.05) is 59.5 Å². The van der Waals surface area contributed by atoms with Crippen molar-refractivity contribution in [3.63, 3.8) is 0 Å². The van der Waals surface area contributed by atoms with Gasteiger partial charge in [0.1, 0.15) is 17.3 Å². The number of pyridine rings is 1. The molecule has 44 heavy (non-hydrogen) atoms. The molecule has 1 amide bonds. The Hall–Kier alpha value is -5.44. The molecule has 0 aliphatic carbocycles. The van der Waals surface area contributed by atoms with E-state index in [9.17, 15) is 4.79 Å². The van der Waals surface area contributed by atoms with Gasteiger partial charge < -0.3 is 24.3 Å². The number of methoxy groups -OCH3 is 2. The van der Waals surface area contributed by atoms with Crippen LogP contribution in [0.2, 0.25) is 0 Å². The molecule has 0 saturated carbocycles. The van der Waals surface area contributed by atoms with Gasteiger partial charge in [-0.25, -0.2) is 0 Å². The lowest BCUT2D eigenvalue weighted by molar-refractivity contribution is 0.0934. The summed E-state index contributed by atoms with van der Waals surface area (Å²) in [7, 11) is 3.28. The second-order valence-corrected chi connectivity index (χ2v) is 10.5. The molecule has 6 aromatic rings. The van der Waals surface area contributed by atoms with Gasteiger partial charge in [-0.1, -0.05) is 48.5 Å². The number of carbonyl (C=O) groups excluding carboxylic acids is 1. The largest absolute Gasteiger partial charge is 0.497 e. The molecule has 0 radical (unpaired) electrons. The van der Waals surface area contributed by atoms with Crippen molar-refractivity contribution in [1.82, 2.24) is 30.0 Å². The number of aromatic amines is 1. The summed E-state index contributed by atoms with van der Waals surface area (Å²) in [4.78, 5) is 21.0. The summed E-state index contributed by atoms with van der Waals surface area (Å²) >= 11 is 0. The Balaban J connectivity index is 1.41. The monoisotopic (exact) mass is 586 g/mol. The Labute approximate surface area is 255 Å². The van der Waals surface area contributed by atoms with Gasteiger partial charge in [-0.05, 0) is 47.9 Å². The number of benzene rings is 3. The molecule has 0 fully saturated rings. The minimum Gasteiger partial charge on any atom is -0.497 e. The standard InChI is InChI=1S/C35H34N6O3/c1-43-28-14-13-26(32(21-28)44-2)23-41-33(15-12-24-8-4-3-5-9-24)39-40-34(41)31(38-35(42)25-16-18-36-19-17-25)20-27-22-37-30-11-7-6-10-29(27)30/h3-11,13-14,16-19,21-22,31,37H,12,15,20,23H2,1-2H3,(H,38,42). The van der Waals surface area contributed by atoms with E-state index in [1.54, 1.807) is 38.7 Å². The van der Waals surface area contributed by atoms with E-state index >= 15 is 0 Å². The summed E-state index contributed by atoms with van der Waals surface area (Å²) < 4.78 is 13.3. The molecular weight excluding hydrogens is 552 g/mol. The Morgan fingerprint density at radius 3 is 2.48 bits per heavy atom. The number of fused-ring (bicyclic) bond motifs is 1. The van der Waals surface area contributed by atoms with Gasteiger partial charge in [0.25, 0.3) is 5.91 Å². The van der Waals surface area contributed by atoms with Gasteiger partial charge in [-0.3, -0.25) is 9.78 Å². The Bertz CT molecular complexity index is 1850. The van der Waals surface area contributed by atoms with Gasteiger partial charge in [0.05, 0.1) is 26.8 Å². The molecular formula is C35H34N6O3. The highest BCUT2D eigenvalue weighted by molar-refractivity contribution is 5.94. The van der Waals surface area contributed by atoms with Crippen molar-refractivity contribution >= 4 is 16.8 Å². The molecule has 2 N–H and O–H groups in total. The van der Waals surface area contributed by atoms with Crippen LogP contribution in [0.3, 0.4) is 0 Å². The Morgan fingerprint density at radius 2 is 1.68 bits per heavy atom. The number of ether oxygens (including phenoxy) is 2. The fourth-order valence-corrected chi connectivity index (χ4v) is 5.49. The maximum absolute atomic E-state index is 13.5. The molecule has 0 saturated heterocycles. The summed E-state index contributed by atoms with van der Waals surface area (Å²) in [6, 6.07) is 27.2. The summed E-state index contributed by atoms with van der Waals surface area (Å²) in [5.74, 6) is 2.69. The maximum Gasteiger partial charge on any atom is 0.251 e. The highest BCUT2D eigenvalue weighted by atomic mass is 16.5. The van der Waals surface area contributed by atoms with Gasteiger partial charge in [0.2, 0.25) is 0 Å². The number of nitrogens with one attached hydrogen (secondary N) is 2. The maximum atomic E-state index is 13.5. The minimum atomic E-state index is -0.475. The van der Waals surface area contributed by atoms with E-state index in [1.165, 1.54) is 5.56 Å². The van der Waals surface area contributed by atoms with Crippen molar-refractivity contribution < 1.29 is 14.3 Å². The molecule has 6 rings (SSSR count). The van der Waals surface area contributed by atoms with Crippen LogP contribution in [0.1, 0.15) is 44.7 Å². The van der Waals surface area contributed by atoms with Crippen molar-refractivity contribution in [3.05, 3.63) is 137 Å². The zero-order valence-electron chi connectivity index (χ0n) is 24.7. The van der Waals surface area contributed by atoms with Crippen molar-refractivity contribution in [1.29, 1.82) is 0 Å². The zero-order valence-corrected chi connectivity index (χ0v) is 24.7. The lowest BCUT2D eigenvalue weighted by Crippen LogP contribution is -2.32. The first kappa shape index (κ1) is 28.7. The molecule has 1 atom stereocenters. The third-order valence-electron chi connectivity index (χ3n) is 7.82. The number of amides is 1.